The van der Waals surface area contributed by atoms with E-state index in [0.29, 0.717) is 0 Å². The highest BCUT2D eigenvalue weighted by molar-refractivity contribution is 8.00. The van der Waals surface area contributed by atoms with Crippen molar-refractivity contribution in [2.75, 3.05) is 13.1 Å². The molecular weight excluding hydrogens is 224 g/mol. The van der Waals surface area contributed by atoms with E-state index in [-0.39, 0.29) is 11.2 Å². The third-order valence-electron chi connectivity index (χ3n) is 2.37. The van der Waals surface area contributed by atoms with Crippen LogP contribution in [0.2, 0.25) is 0 Å². The molecule has 16 heavy (non-hydrogen) atoms. The number of carbonyl (C=O) groups is 1. The van der Waals surface area contributed by atoms with Gasteiger partial charge in [-0.2, -0.15) is 0 Å². The van der Waals surface area contributed by atoms with E-state index < -0.39 is 0 Å². The molecule has 0 N–H and O–H groups in total. The lowest BCUT2D eigenvalue weighted by atomic mass is 10.4. The number of carbonyl (C=O) groups excluding carboxylic acids is 1. The van der Waals surface area contributed by atoms with E-state index in [9.17, 15) is 4.79 Å². The van der Waals surface area contributed by atoms with Crippen LogP contribution < -0.4 is 0 Å². The average molecular weight is 242 g/mol. The first-order valence-corrected chi connectivity index (χ1v) is 6.27. The Morgan fingerprint density at radius 2 is 2.19 bits per heavy atom. The van der Waals surface area contributed by atoms with E-state index >= 15 is 0 Å². The van der Waals surface area contributed by atoms with E-state index in [1.54, 1.807) is 6.33 Å². The molecule has 1 rings (SSSR count). The molecule has 1 heterocycles. The lowest BCUT2D eigenvalue weighted by Gasteiger charge is -2.22. The quantitative estimate of drug-likeness (QED) is 0.727. The maximum Gasteiger partial charge on any atom is 0.235 e. The second kappa shape index (κ2) is 5.89. The van der Waals surface area contributed by atoms with E-state index in [4.69, 9.17) is 0 Å². The molecule has 1 atom stereocenters. The number of hydrogen-bond acceptors (Lipinski definition) is 4. The number of amides is 1. The minimum atomic E-state index is -0.122. The molecule has 0 aromatic carbocycles. The van der Waals surface area contributed by atoms with Gasteiger partial charge in [-0.15, -0.1) is 10.2 Å². The van der Waals surface area contributed by atoms with Crippen LogP contribution in [0.15, 0.2) is 11.5 Å². The van der Waals surface area contributed by atoms with Crippen molar-refractivity contribution in [2.24, 2.45) is 7.05 Å². The molecule has 0 saturated heterocycles. The summed E-state index contributed by atoms with van der Waals surface area (Å²) in [5.41, 5.74) is 0. The Labute approximate surface area is 100 Å². The molecule has 1 aromatic heterocycles. The summed E-state index contributed by atoms with van der Waals surface area (Å²) in [6.07, 6.45) is 1.64. The Morgan fingerprint density at radius 3 is 2.62 bits per heavy atom. The molecule has 1 unspecified atom stereocenters. The van der Waals surface area contributed by atoms with Gasteiger partial charge in [0.25, 0.3) is 0 Å². The van der Waals surface area contributed by atoms with Crippen LogP contribution in [0, 0.1) is 0 Å². The normalized spacial score (nSPS) is 12.5. The van der Waals surface area contributed by atoms with Crippen molar-refractivity contribution < 1.29 is 4.79 Å². The van der Waals surface area contributed by atoms with Crippen LogP contribution in [0.1, 0.15) is 20.8 Å². The van der Waals surface area contributed by atoms with Crippen LogP contribution in [-0.4, -0.2) is 43.9 Å². The van der Waals surface area contributed by atoms with Crippen molar-refractivity contribution in [1.82, 2.24) is 19.7 Å². The number of nitrogens with zero attached hydrogens (tertiary/aromatic N) is 4. The van der Waals surface area contributed by atoms with Crippen molar-refractivity contribution >= 4 is 17.7 Å². The molecule has 0 aliphatic carbocycles. The smallest absolute Gasteiger partial charge is 0.235 e. The molecule has 0 aliphatic rings. The van der Waals surface area contributed by atoms with E-state index in [2.05, 4.69) is 10.2 Å². The maximum atomic E-state index is 12.0. The highest BCUT2D eigenvalue weighted by Gasteiger charge is 2.20. The van der Waals surface area contributed by atoms with Crippen LogP contribution in [0.25, 0.3) is 0 Å². The van der Waals surface area contributed by atoms with Gasteiger partial charge in [0, 0.05) is 20.1 Å². The van der Waals surface area contributed by atoms with Gasteiger partial charge in [0.15, 0.2) is 5.16 Å². The van der Waals surface area contributed by atoms with Crippen LogP contribution in [0.5, 0.6) is 0 Å². The zero-order valence-electron chi connectivity index (χ0n) is 10.2. The number of rotatable bonds is 5. The second-order valence-electron chi connectivity index (χ2n) is 3.50. The topological polar surface area (TPSA) is 51.0 Å². The fourth-order valence-corrected chi connectivity index (χ4v) is 2.25. The first-order valence-electron chi connectivity index (χ1n) is 5.39. The van der Waals surface area contributed by atoms with Gasteiger partial charge < -0.3 is 9.47 Å². The van der Waals surface area contributed by atoms with Gasteiger partial charge in [-0.25, -0.2) is 0 Å². The zero-order chi connectivity index (χ0) is 12.1. The number of thioether (sulfide) groups is 1. The van der Waals surface area contributed by atoms with Gasteiger partial charge in [0.2, 0.25) is 5.91 Å². The Morgan fingerprint density at radius 1 is 1.56 bits per heavy atom. The van der Waals surface area contributed by atoms with Gasteiger partial charge in [-0.05, 0) is 20.8 Å². The Balaban J connectivity index is 2.62. The molecule has 0 spiro atoms. The molecular formula is C10H18N4OS. The van der Waals surface area contributed by atoms with Crippen LogP contribution in [0.4, 0.5) is 0 Å². The lowest BCUT2D eigenvalue weighted by Crippen LogP contribution is -2.36. The lowest BCUT2D eigenvalue weighted by molar-refractivity contribution is -0.129. The molecule has 6 heteroatoms. The summed E-state index contributed by atoms with van der Waals surface area (Å²) in [5, 5.41) is 8.39. The van der Waals surface area contributed by atoms with Crippen LogP contribution in [0.3, 0.4) is 0 Å². The van der Waals surface area contributed by atoms with Gasteiger partial charge in [-0.3, -0.25) is 4.79 Å². The first kappa shape index (κ1) is 13.0. The fourth-order valence-electron chi connectivity index (χ4n) is 1.38. The van der Waals surface area contributed by atoms with E-state index in [1.807, 2.05) is 37.3 Å². The monoisotopic (exact) mass is 242 g/mol. The molecule has 5 nitrogen and oxygen atoms in total. The van der Waals surface area contributed by atoms with E-state index in [0.717, 1.165) is 18.2 Å². The zero-order valence-corrected chi connectivity index (χ0v) is 11.0. The fraction of sp³-hybridized carbons (Fsp3) is 0.700. The molecule has 0 fully saturated rings. The summed E-state index contributed by atoms with van der Waals surface area (Å²) in [6, 6.07) is 0. The predicted octanol–water partition coefficient (Wildman–Crippen LogP) is 1.16. The van der Waals surface area contributed by atoms with Crippen molar-refractivity contribution in [2.45, 2.75) is 31.2 Å². The minimum absolute atomic E-state index is 0.122. The number of aryl methyl sites for hydroxylation is 1. The highest BCUT2D eigenvalue weighted by atomic mass is 32.2. The summed E-state index contributed by atoms with van der Waals surface area (Å²) in [4.78, 5) is 13.8. The number of hydrogen-bond donors (Lipinski definition) is 0. The summed E-state index contributed by atoms with van der Waals surface area (Å²) in [6.45, 7) is 7.38. The summed E-state index contributed by atoms with van der Waals surface area (Å²) >= 11 is 1.44. The van der Waals surface area contributed by atoms with Gasteiger partial charge in [-0.1, -0.05) is 11.8 Å². The van der Waals surface area contributed by atoms with Crippen molar-refractivity contribution in [3.8, 4) is 0 Å². The van der Waals surface area contributed by atoms with E-state index in [1.165, 1.54) is 11.8 Å². The van der Waals surface area contributed by atoms with Crippen LogP contribution >= 0.6 is 11.8 Å². The van der Waals surface area contributed by atoms with Crippen molar-refractivity contribution in [3.05, 3.63) is 6.33 Å². The maximum absolute atomic E-state index is 12.0. The molecule has 1 aromatic rings. The third-order valence-corrected chi connectivity index (χ3v) is 3.51. The Bertz CT molecular complexity index is 348. The molecule has 0 radical (unpaired) electrons. The average Bonchev–Trinajstić information content (AvgIpc) is 2.66. The third kappa shape index (κ3) is 2.98. The Kier molecular flexibility index (Phi) is 4.79. The molecule has 0 aliphatic heterocycles. The van der Waals surface area contributed by atoms with Gasteiger partial charge >= 0.3 is 0 Å². The molecule has 0 bridgehead atoms. The molecule has 1 amide bonds. The highest BCUT2D eigenvalue weighted by Crippen LogP contribution is 2.21. The molecule has 90 valence electrons. The second-order valence-corrected chi connectivity index (χ2v) is 4.80. The number of aromatic nitrogens is 3. The minimum Gasteiger partial charge on any atom is -0.342 e. The van der Waals surface area contributed by atoms with Gasteiger partial charge in [0.05, 0.1) is 5.25 Å². The van der Waals surface area contributed by atoms with Gasteiger partial charge in [0.1, 0.15) is 6.33 Å². The predicted molar refractivity (Wildman–Crippen MR) is 64.3 cm³/mol. The van der Waals surface area contributed by atoms with Crippen LogP contribution in [-0.2, 0) is 11.8 Å². The largest absolute Gasteiger partial charge is 0.342 e. The summed E-state index contributed by atoms with van der Waals surface area (Å²) < 4.78 is 1.82. The molecule has 0 saturated carbocycles. The summed E-state index contributed by atoms with van der Waals surface area (Å²) in [7, 11) is 1.87. The summed E-state index contributed by atoms with van der Waals surface area (Å²) in [5.74, 6) is 0.151. The SMILES string of the molecule is CCN(CC)C(=O)C(C)Sc1nncn1C. The van der Waals surface area contributed by atoms with Crippen molar-refractivity contribution in [1.29, 1.82) is 0 Å². The first-order chi connectivity index (χ1) is 7.60. The van der Waals surface area contributed by atoms with Crippen molar-refractivity contribution in [3.63, 3.8) is 0 Å². The Hall–Kier alpha value is -1.04. The standard InChI is InChI=1S/C10H18N4OS/c1-5-14(6-2)9(15)8(3)16-10-12-11-7-13(10)4/h7-8H,5-6H2,1-4H3.